The molecule has 0 radical (unpaired) electrons. The molecule has 0 unspecified atom stereocenters. The van der Waals surface area contributed by atoms with Gasteiger partial charge in [0.05, 0.1) is 39.0 Å². The minimum Gasteiger partial charge on any atom is -0.469 e. The highest BCUT2D eigenvalue weighted by molar-refractivity contribution is 5.69. The average molecular weight is 400 g/mol. The van der Waals surface area contributed by atoms with Crippen LogP contribution in [-0.4, -0.2) is 44.8 Å². The molecule has 1 saturated heterocycles. The molecule has 2 aromatic carbocycles. The largest absolute Gasteiger partial charge is 0.469 e. The van der Waals surface area contributed by atoms with Crippen LogP contribution in [0.3, 0.4) is 0 Å². The third-order valence-electron chi connectivity index (χ3n) is 4.93. The Morgan fingerprint density at radius 1 is 0.931 bits per heavy atom. The fraction of sp³-hybridized carbons (Fsp3) is 0.435. The van der Waals surface area contributed by atoms with Crippen molar-refractivity contribution in [2.75, 3.05) is 14.2 Å². The summed E-state index contributed by atoms with van der Waals surface area (Å²) in [4.78, 5) is 11.9. The van der Waals surface area contributed by atoms with E-state index in [1.807, 2.05) is 60.7 Å². The van der Waals surface area contributed by atoms with E-state index in [-0.39, 0.29) is 18.5 Å². The molecule has 156 valence electrons. The molecule has 0 spiro atoms. The first kappa shape index (κ1) is 21.5. The lowest BCUT2D eigenvalue weighted by molar-refractivity contribution is -0.264. The number of benzene rings is 2. The molecular formula is C23H28O6. The van der Waals surface area contributed by atoms with E-state index < -0.39 is 18.5 Å². The molecule has 0 aliphatic carbocycles. The van der Waals surface area contributed by atoms with Gasteiger partial charge in [0.1, 0.15) is 6.10 Å². The van der Waals surface area contributed by atoms with Crippen LogP contribution in [0.5, 0.6) is 0 Å². The summed E-state index contributed by atoms with van der Waals surface area (Å²) in [6.07, 6.45) is -1.12. The van der Waals surface area contributed by atoms with Gasteiger partial charge in [-0.1, -0.05) is 60.7 Å². The molecule has 0 saturated carbocycles. The minimum absolute atomic E-state index is 0.0704. The summed E-state index contributed by atoms with van der Waals surface area (Å²) in [5, 5.41) is 0. The van der Waals surface area contributed by atoms with E-state index >= 15 is 0 Å². The Bertz CT molecular complexity index is 736. The first-order valence-corrected chi connectivity index (χ1v) is 9.75. The molecule has 6 heteroatoms. The lowest BCUT2D eigenvalue weighted by Gasteiger charge is -2.40. The van der Waals surface area contributed by atoms with Crippen molar-refractivity contribution in [3.63, 3.8) is 0 Å². The Hall–Kier alpha value is -2.25. The Balaban J connectivity index is 1.74. The molecule has 1 fully saturated rings. The van der Waals surface area contributed by atoms with Crippen molar-refractivity contribution in [2.45, 2.75) is 50.7 Å². The number of carbonyl (C=O) groups excluding carboxylic acids is 1. The third kappa shape index (κ3) is 6.37. The van der Waals surface area contributed by atoms with Crippen LogP contribution in [0, 0.1) is 0 Å². The Morgan fingerprint density at radius 3 is 2.07 bits per heavy atom. The van der Waals surface area contributed by atoms with Crippen LogP contribution in [0.25, 0.3) is 0 Å². The van der Waals surface area contributed by atoms with Crippen LogP contribution in [0.2, 0.25) is 0 Å². The molecular weight excluding hydrogens is 372 g/mol. The van der Waals surface area contributed by atoms with Crippen molar-refractivity contribution >= 4 is 5.97 Å². The molecule has 1 aliphatic rings. The van der Waals surface area contributed by atoms with E-state index in [4.69, 9.17) is 23.7 Å². The highest BCUT2D eigenvalue weighted by atomic mass is 16.7. The van der Waals surface area contributed by atoms with E-state index in [1.54, 1.807) is 7.11 Å². The summed E-state index contributed by atoms with van der Waals surface area (Å²) >= 11 is 0. The maximum atomic E-state index is 11.9. The van der Waals surface area contributed by atoms with Gasteiger partial charge in [-0.25, -0.2) is 0 Å². The van der Waals surface area contributed by atoms with Crippen LogP contribution in [0.15, 0.2) is 60.7 Å². The lowest BCUT2D eigenvalue weighted by Crippen LogP contribution is -2.51. The topological polar surface area (TPSA) is 63.2 Å². The summed E-state index contributed by atoms with van der Waals surface area (Å²) < 4.78 is 28.6. The van der Waals surface area contributed by atoms with E-state index in [0.717, 1.165) is 11.1 Å². The van der Waals surface area contributed by atoms with Gasteiger partial charge >= 0.3 is 5.97 Å². The lowest BCUT2D eigenvalue weighted by atomic mass is 9.98. The van der Waals surface area contributed by atoms with Gasteiger partial charge in [-0.15, -0.1) is 0 Å². The van der Waals surface area contributed by atoms with E-state index in [1.165, 1.54) is 7.11 Å². The molecule has 29 heavy (non-hydrogen) atoms. The summed E-state index contributed by atoms with van der Waals surface area (Å²) in [7, 11) is 2.95. The van der Waals surface area contributed by atoms with E-state index in [9.17, 15) is 4.79 Å². The highest BCUT2D eigenvalue weighted by Crippen LogP contribution is 2.29. The van der Waals surface area contributed by atoms with Crippen LogP contribution < -0.4 is 0 Å². The monoisotopic (exact) mass is 400 g/mol. The van der Waals surface area contributed by atoms with Gasteiger partial charge in [-0.3, -0.25) is 4.79 Å². The minimum atomic E-state index is -0.523. The quantitative estimate of drug-likeness (QED) is 0.601. The van der Waals surface area contributed by atoms with Crippen molar-refractivity contribution < 1.29 is 28.5 Å². The number of esters is 1. The van der Waals surface area contributed by atoms with E-state index in [2.05, 4.69) is 0 Å². The van der Waals surface area contributed by atoms with Crippen molar-refractivity contribution in [2.24, 2.45) is 0 Å². The van der Waals surface area contributed by atoms with Gasteiger partial charge in [0.2, 0.25) is 0 Å². The van der Waals surface area contributed by atoms with Gasteiger partial charge in [-0.2, -0.15) is 0 Å². The predicted molar refractivity (Wildman–Crippen MR) is 107 cm³/mol. The Kier molecular flexibility index (Phi) is 8.19. The van der Waals surface area contributed by atoms with Gasteiger partial charge in [0, 0.05) is 13.5 Å². The molecule has 1 aliphatic heterocycles. The van der Waals surface area contributed by atoms with Crippen molar-refractivity contribution in [3.05, 3.63) is 71.8 Å². The maximum Gasteiger partial charge on any atom is 0.308 e. The van der Waals surface area contributed by atoms with Crippen LogP contribution in [-0.2, 0) is 41.7 Å². The number of ether oxygens (including phenoxy) is 5. The zero-order valence-electron chi connectivity index (χ0n) is 16.9. The molecule has 4 atom stereocenters. The summed E-state index contributed by atoms with van der Waals surface area (Å²) in [5.41, 5.74) is 2.11. The van der Waals surface area contributed by atoms with Gasteiger partial charge in [0.25, 0.3) is 0 Å². The molecule has 6 nitrogen and oxygen atoms in total. The molecule has 0 bridgehead atoms. The summed E-state index contributed by atoms with van der Waals surface area (Å²) in [6.45, 7) is 0.841. The highest BCUT2D eigenvalue weighted by Gasteiger charge is 2.41. The number of carbonyl (C=O) groups is 1. The smallest absolute Gasteiger partial charge is 0.308 e. The molecule has 0 N–H and O–H groups in total. The molecule has 1 heterocycles. The summed E-state index contributed by atoms with van der Waals surface area (Å²) in [5.74, 6) is -0.359. The fourth-order valence-corrected chi connectivity index (χ4v) is 3.38. The zero-order chi connectivity index (χ0) is 20.5. The second-order valence-electron chi connectivity index (χ2n) is 6.95. The Morgan fingerprint density at radius 2 is 1.52 bits per heavy atom. The van der Waals surface area contributed by atoms with E-state index in [0.29, 0.717) is 19.6 Å². The fourth-order valence-electron chi connectivity index (χ4n) is 3.38. The van der Waals surface area contributed by atoms with Crippen molar-refractivity contribution in [3.8, 4) is 0 Å². The maximum absolute atomic E-state index is 11.9. The van der Waals surface area contributed by atoms with Gasteiger partial charge in [0.15, 0.2) is 6.29 Å². The first-order chi connectivity index (χ1) is 14.2. The predicted octanol–water partition coefficient (Wildman–Crippen LogP) is 3.48. The first-order valence-electron chi connectivity index (χ1n) is 9.75. The van der Waals surface area contributed by atoms with Crippen LogP contribution >= 0.6 is 0 Å². The average Bonchev–Trinajstić information content (AvgIpc) is 2.77. The second kappa shape index (κ2) is 11.1. The number of hydrogen-bond acceptors (Lipinski definition) is 6. The zero-order valence-corrected chi connectivity index (χ0v) is 16.9. The number of rotatable bonds is 9. The van der Waals surface area contributed by atoms with Crippen molar-refractivity contribution in [1.82, 2.24) is 0 Å². The van der Waals surface area contributed by atoms with Crippen LogP contribution in [0.4, 0.5) is 0 Å². The standard InChI is InChI=1S/C23H28O6/c1-25-21(24)13-20-23(28-16-18-11-7-4-8-12-18)19(14-22(26-2)29-20)27-15-17-9-5-3-6-10-17/h3-12,19-20,22-23H,13-16H2,1-2H3/t19-,20-,22+,23-/m1/s1. The normalized spacial score (nSPS) is 24.2. The summed E-state index contributed by atoms with van der Waals surface area (Å²) in [6, 6.07) is 19.8. The second-order valence-corrected chi connectivity index (χ2v) is 6.95. The van der Waals surface area contributed by atoms with Gasteiger partial charge in [-0.05, 0) is 11.1 Å². The molecule has 3 rings (SSSR count). The van der Waals surface area contributed by atoms with Gasteiger partial charge < -0.3 is 23.7 Å². The molecule has 2 aromatic rings. The molecule has 0 amide bonds. The van der Waals surface area contributed by atoms with Crippen molar-refractivity contribution in [1.29, 1.82) is 0 Å². The molecule has 0 aromatic heterocycles. The van der Waals surface area contributed by atoms with Crippen LogP contribution in [0.1, 0.15) is 24.0 Å². The third-order valence-corrected chi connectivity index (χ3v) is 4.93. The number of methoxy groups -OCH3 is 2. The number of hydrogen-bond donors (Lipinski definition) is 0. The Labute approximate surface area is 171 Å². The SMILES string of the molecule is COC(=O)C[C@H]1O[C@H](OC)C[C@@H](OCc2ccccc2)[C@H]1OCc1ccccc1.